The Morgan fingerprint density at radius 2 is 2.14 bits per heavy atom. The molecule has 2 heterocycles. The summed E-state index contributed by atoms with van der Waals surface area (Å²) >= 11 is 0. The lowest BCUT2D eigenvalue weighted by atomic mass is 9.99. The number of carbonyl (C=O) groups excluding carboxylic acids is 2. The fraction of sp³-hybridized carbons (Fsp3) is 0.571. The third-order valence-corrected chi connectivity index (χ3v) is 3.56. The molecule has 7 nitrogen and oxygen atoms in total. The molecule has 0 N–H and O–H groups in total. The first kappa shape index (κ1) is 15.2. The van der Waals surface area contributed by atoms with Crippen molar-refractivity contribution in [3.05, 3.63) is 18.1 Å². The Morgan fingerprint density at radius 3 is 2.86 bits per heavy atom. The van der Waals surface area contributed by atoms with Crippen LogP contribution in [0.4, 0.5) is 5.82 Å². The van der Waals surface area contributed by atoms with Crippen LogP contribution in [0.25, 0.3) is 0 Å². The number of hydrogen-bond donors (Lipinski definition) is 0. The highest BCUT2D eigenvalue weighted by Gasteiger charge is 2.27. The fourth-order valence-corrected chi connectivity index (χ4v) is 2.49. The molecule has 1 atom stereocenters. The molecule has 0 aromatic carbocycles. The number of carbonyl (C=O) groups is 2. The van der Waals surface area contributed by atoms with Gasteiger partial charge >= 0.3 is 11.9 Å². The molecule has 0 amide bonds. The summed E-state index contributed by atoms with van der Waals surface area (Å²) in [6.07, 6.45) is 4.82. The van der Waals surface area contributed by atoms with Crippen LogP contribution in [0.3, 0.4) is 0 Å². The molecular formula is C14H19N3O4. The molecule has 0 aliphatic carbocycles. The zero-order valence-electron chi connectivity index (χ0n) is 12.2. The number of ether oxygens (including phenoxy) is 2. The molecular weight excluding hydrogens is 274 g/mol. The Morgan fingerprint density at radius 1 is 1.33 bits per heavy atom. The van der Waals surface area contributed by atoms with Crippen LogP contribution in [0.2, 0.25) is 0 Å². The summed E-state index contributed by atoms with van der Waals surface area (Å²) in [5.41, 5.74) is 0. The van der Waals surface area contributed by atoms with Gasteiger partial charge in [0.1, 0.15) is 5.82 Å². The van der Waals surface area contributed by atoms with Gasteiger partial charge in [0.05, 0.1) is 20.6 Å². The van der Waals surface area contributed by atoms with Crippen molar-refractivity contribution in [1.29, 1.82) is 0 Å². The van der Waals surface area contributed by atoms with Gasteiger partial charge in [0.2, 0.25) is 5.82 Å². The van der Waals surface area contributed by atoms with Crippen LogP contribution in [-0.2, 0) is 14.3 Å². The molecule has 0 saturated carbocycles. The summed E-state index contributed by atoms with van der Waals surface area (Å²) in [6, 6.07) is 1.77. The maximum Gasteiger partial charge on any atom is 0.376 e. The van der Waals surface area contributed by atoms with Gasteiger partial charge < -0.3 is 14.4 Å². The van der Waals surface area contributed by atoms with Crippen molar-refractivity contribution in [2.45, 2.75) is 31.7 Å². The number of piperidine rings is 1. The molecule has 7 heteroatoms. The maximum atomic E-state index is 11.5. The molecule has 1 saturated heterocycles. The Hall–Kier alpha value is -2.18. The van der Waals surface area contributed by atoms with E-state index in [0.29, 0.717) is 12.2 Å². The first-order valence-electron chi connectivity index (χ1n) is 6.90. The van der Waals surface area contributed by atoms with Crippen LogP contribution in [0, 0.1) is 0 Å². The smallest absolute Gasteiger partial charge is 0.376 e. The van der Waals surface area contributed by atoms with E-state index < -0.39 is 5.97 Å². The standard InChI is InChI=1S/C14H19N3O4/c1-20-12(18)9-10-5-3-4-8-17(10)11-6-7-15-13(16-11)14(19)21-2/h6-7,10H,3-5,8-9H2,1-2H3. The maximum absolute atomic E-state index is 11.5. The van der Waals surface area contributed by atoms with E-state index in [1.54, 1.807) is 6.07 Å². The van der Waals surface area contributed by atoms with E-state index in [-0.39, 0.29) is 17.8 Å². The molecule has 0 radical (unpaired) electrons. The third-order valence-electron chi connectivity index (χ3n) is 3.56. The summed E-state index contributed by atoms with van der Waals surface area (Å²) in [5.74, 6) is -0.149. The molecule has 0 spiro atoms. The van der Waals surface area contributed by atoms with Gasteiger partial charge in [0.15, 0.2) is 0 Å². The highest BCUT2D eigenvalue weighted by Crippen LogP contribution is 2.25. The van der Waals surface area contributed by atoms with Gasteiger partial charge in [-0.3, -0.25) is 4.79 Å². The van der Waals surface area contributed by atoms with Crippen molar-refractivity contribution >= 4 is 17.8 Å². The monoisotopic (exact) mass is 293 g/mol. The molecule has 1 aromatic heterocycles. The average Bonchev–Trinajstić information content (AvgIpc) is 2.54. The number of esters is 2. The van der Waals surface area contributed by atoms with E-state index in [0.717, 1.165) is 25.8 Å². The van der Waals surface area contributed by atoms with Crippen molar-refractivity contribution in [3.8, 4) is 0 Å². The molecule has 2 rings (SSSR count). The molecule has 1 aliphatic rings. The number of rotatable bonds is 4. The van der Waals surface area contributed by atoms with Crippen molar-refractivity contribution in [3.63, 3.8) is 0 Å². The second-order valence-corrected chi connectivity index (χ2v) is 4.85. The number of anilines is 1. The Balaban J connectivity index is 2.20. The summed E-state index contributed by atoms with van der Waals surface area (Å²) in [7, 11) is 2.68. The fourth-order valence-electron chi connectivity index (χ4n) is 2.49. The quantitative estimate of drug-likeness (QED) is 0.771. The molecule has 21 heavy (non-hydrogen) atoms. The first-order valence-corrected chi connectivity index (χ1v) is 6.90. The van der Waals surface area contributed by atoms with Crippen molar-refractivity contribution < 1.29 is 19.1 Å². The van der Waals surface area contributed by atoms with Crippen molar-refractivity contribution in [1.82, 2.24) is 9.97 Å². The average molecular weight is 293 g/mol. The van der Waals surface area contributed by atoms with Gasteiger partial charge in [0, 0.05) is 18.8 Å². The van der Waals surface area contributed by atoms with Crippen molar-refractivity contribution in [2.75, 3.05) is 25.7 Å². The molecule has 1 unspecified atom stereocenters. The lowest BCUT2D eigenvalue weighted by molar-refractivity contribution is -0.141. The van der Waals surface area contributed by atoms with E-state index in [9.17, 15) is 9.59 Å². The molecule has 0 bridgehead atoms. The predicted molar refractivity (Wildman–Crippen MR) is 75.0 cm³/mol. The largest absolute Gasteiger partial charge is 0.469 e. The minimum atomic E-state index is -0.571. The van der Waals surface area contributed by atoms with E-state index in [1.807, 2.05) is 4.90 Å². The number of aromatic nitrogens is 2. The molecule has 114 valence electrons. The van der Waals surface area contributed by atoms with E-state index in [4.69, 9.17) is 4.74 Å². The zero-order valence-corrected chi connectivity index (χ0v) is 12.2. The minimum absolute atomic E-state index is 0.0254. The highest BCUT2D eigenvalue weighted by atomic mass is 16.5. The topological polar surface area (TPSA) is 81.6 Å². The zero-order chi connectivity index (χ0) is 15.2. The van der Waals surface area contributed by atoms with Crippen LogP contribution in [0.15, 0.2) is 12.3 Å². The number of methoxy groups -OCH3 is 2. The molecule has 1 fully saturated rings. The second-order valence-electron chi connectivity index (χ2n) is 4.85. The number of hydrogen-bond acceptors (Lipinski definition) is 7. The predicted octanol–water partition coefficient (Wildman–Crippen LogP) is 1.19. The Kier molecular flexibility index (Phi) is 5.08. The molecule has 1 aromatic rings. The highest BCUT2D eigenvalue weighted by molar-refractivity contribution is 5.85. The summed E-state index contributed by atoms with van der Waals surface area (Å²) in [5, 5.41) is 0. The summed E-state index contributed by atoms with van der Waals surface area (Å²) in [4.78, 5) is 33.2. The van der Waals surface area contributed by atoms with Crippen molar-refractivity contribution in [2.24, 2.45) is 0 Å². The van der Waals surface area contributed by atoms with Gasteiger partial charge in [-0.2, -0.15) is 0 Å². The minimum Gasteiger partial charge on any atom is -0.469 e. The van der Waals surface area contributed by atoms with Crippen LogP contribution in [0.5, 0.6) is 0 Å². The SMILES string of the molecule is COC(=O)CC1CCCCN1c1ccnc(C(=O)OC)n1. The normalized spacial score (nSPS) is 18.2. The van der Waals surface area contributed by atoms with Crippen LogP contribution < -0.4 is 4.90 Å². The Labute approximate surface area is 123 Å². The van der Waals surface area contributed by atoms with Gasteiger partial charge in [-0.15, -0.1) is 0 Å². The molecule has 1 aliphatic heterocycles. The van der Waals surface area contributed by atoms with Crippen LogP contribution in [-0.4, -0.2) is 48.7 Å². The Bertz CT molecular complexity index is 521. The lowest BCUT2D eigenvalue weighted by Crippen LogP contribution is -2.41. The van der Waals surface area contributed by atoms with Crippen LogP contribution in [0.1, 0.15) is 36.3 Å². The summed E-state index contributed by atoms with van der Waals surface area (Å²) in [6.45, 7) is 0.791. The first-order chi connectivity index (χ1) is 10.2. The van der Waals surface area contributed by atoms with E-state index in [2.05, 4.69) is 14.7 Å². The van der Waals surface area contributed by atoms with Gasteiger partial charge in [-0.1, -0.05) is 0 Å². The number of nitrogens with zero attached hydrogens (tertiary/aromatic N) is 3. The summed E-state index contributed by atoms with van der Waals surface area (Å²) < 4.78 is 9.37. The lowest BCUT2D eigenvalue weighted by Gasteiger charge is -2.36. The van der Waals surface area contributed by atoms with Gasteiger partial charge in [0.25, 0.3) is 0 Å². The third kappa shape index (κ3) is 3.68. The van der Waals surface area contributed by atoms with Gasteiger partial charge in [-0.05, 0) is 25.3 Å². The second kappa shape index (κ2) is 7.01. The van der Waals surface area contributed by atoms with E-state index >= 15 is 0 Å². The van der Waals surface area contributed by atoms with E-state index in [1.165, 1.54) is 20.4 Å². The van der Waals surface area contributed by atoms with Gasteiger partial charge in [-0.25, -0.2) is 14.8 Å². The van der Waals surface area contributed by atoms with Crippen LogP contribution >= 0.6 is 0 Å².